The fraction of sp³-hybridized carbons (Fsp3) is 0.385. The molecule has 0 atom stereocenters. The summed E-state index contributed by atoms with van der Waals surface area (Å²) in [5.41, 5.74) is 1.27. The lowest BCUT2D eigenvalue weighted by molar-refractivity contribution is -0.142. The number of carboxylic acids is 1. The van der Waals surface area contributed by atoms with E-state index in [0.29, 0.717) is 18.8 Å². The third kappa shape index (κ3) is 4.41. The first kappa shape index (κ1) is 14.6. The molecule has 1 N–H and O–H groups in total. The Hall–Kier alpha value is -1.49. The first-order valence-electron chi connectivity index (χ1n) is 5.67. The predicted molar refractivity (Wildman–Crippen MR) is 70.1 cm³/mol. The second-order valence-corrected chi connectivity index (χ2v) is 4.83. The molecule has 0 heterocycles. The molecule has 0 aromatic heterocycles. The third-order valence-electron chi connectivity index (χ3n) is 2.30. The molecule has 5 heteroatoms. The predicted octanol–water partition coefficient (Wildman–Crippen LogP) is 2.74. The van der Waals surface area contributed by atoms with Crippen LogP contribution in [0.25, 0.3) is 0 Å². The number of carbonyl (C=O) groups excluding carboxylic acids is 1. The molecular weight excluding hydrogens is 252 g/mol. The lowest BCUT2D eigenvalue weighted by Crippen LogP contribution is -2.04. The van der Waals surface area contributed by atoms with Gasteiger partial charge >= 0.3 is 11.9 Å². The molecule has 0 aliphatic heterocycles. The summed E-state index contributed by atoms with van der Waals surface area (Å²) in [6.07, 6.45) is 0.329. The number of carbonyl (C=O) groups is 2. The van der Waals surface area contributed by atoms with Crippen LogP contribution in [0, 0.1) is 6.92 Å². The second kappa shape index (κ2) is 7.06. The van der Waals surface area contributed by atoms with Crippen LogP contribution in [-0.4, -0.2) is 29.4 Å². The minimum absolute atomic E-state index is 0.225. The lowest BCUT2D eigenvalue weighted by atomic mass is 10.1. The zero-order valence-electron chi connectivity index (χ0n) is 10.4. The van der Waals surface area contributed by atoms with Crippen molar-refractivity contribution in [1.82, 2.24) is 0 Å². The standard InChI is InChI=1S/C13H16O4S/c1-3-17-12(14)6-7-18-11-8-10(13(15)16)5-4-9(11)2/h4-5,8H,3,6-7H2,1-2H3,(H,15,16). The van der Waals surface area contributed by atoms with Crippen LogP contribution in [0.5, 0.6) is 0 Å². The largest absolute Gasteiger partial charge is 0.478 e. The van der Waals surface area contributed by atoms with Crippen molar-refractivity contribution in [2.45, 2.75) is 25.2 Å². The maximum Gasteiger partial charge on any atom is 0.335 e. The molecular formula is C13H16O4S. The number of benzene rings is 1. The summed E-state index contributed by atoms with van der Waals surface area (Å²) in [5, 5.41) is 8.90. The molecule has 18 heavy (non-hydrogen) atoms. The van der Waals surface area contributed by atoms with E-state index < -0.39 is 5.97 Å². The molecule has 0 aliphatic carbocycles. The molecule has 0 amide bonds. The lowest BCUT2D eigenvalue weighted by Gasteiger charge is -2.06. The van der Waals surface area contributed by atoms with Gasteiger partial charge in [0.15, 0.2) is 0 Å². The Labute approximate surface area is 110 Å². The number of esters is 1. The van der Waals surface area contributed by atoms with Gasteiger partial charge in [0.05, 0.1) is 18.6 Å². The van der Waals surface area contributed by atoms with Crippen molar-refractivity contribution in [3.05, 3.63) is 29.3 Å². The van der Waals surface area contributed by atoms with E-state index in [0.717, 1.165) is 10.5 Å². The summed E-state index contributed by atoms with van der Waals surface area (Å²) >= 11 is 1.47. The Balaban J connectivity index is 2.58. The number of ether oxygens (including phenoxy) is 1. The maximum atomic E-state index is 11.2. The minimum Gasteiger partial charge on any atom is -0.478 e. The van der Waals surface area contributed by atoms with Gasteiger partial charge in [-0.3, -0.25) is 4.79 Å². The smallest absolute Gasteiger partial charge is 0.335 e. The van der Waals surface area contributed by atoms with E-state index in [1.54, 1.807) is 25.1 Å². The van der Waals surface area contributed by atoms with E-state index in [-0.39, 0.29) is 11.5 Å². The fourth-order valence-corrected chi connectivity index (χ4v) is 2.36. The van der Waals surface area contributed by atoms with Crippen molar-refractivity contribution in [3.63, 3.8) is 0 Å². The van der Waals surface area contributed by atoms with Crippen molar-refractivity contribution >= 4 is 23.7 Å². The summed E-state index contributed by atoms with van der Waals surface area (Å²) < 4.78 is 4.83. The Bertz CT molecular complexity index is 443. The summed E-state index contributed by atoms with van der Waals surface area (Å²) in [6.45, 7) is 4.07. The molecule has 1 aromatic carbocycles. The van der Waals surface area contributed by atoms with Crippen molar-refractivity contribution < 1.29 is 19.4 Å². The minimum atomic E-state index is -0.942. The molecule has 4 nitrogen and oxygen atoms in total. The number of carboxylic acid groups (broad SMARTS) is 1. The molecule has 0 saturated heterocycles. The average molecular weight is 268 g/mol. The van der Waals surface area contributed by atoms with Crippen LogP contribution in [0.4, 0.5) is 0 Å². The molecule has 0 unspecified atom stereocenters. The SMILES string of the molecule is CCOC(=O)CCSc1cc(C(=O)O)ccc1C. The van der Waals surface area contributed by atoms with Gasteiger partial charge in [-0.2, -0.15) is 0 Å². The van der Waals surface area contributed by atoms with E-state index in [2.05, 4.69) is 0 Å². The first-order valence-corrected chi connectivity index (χ1v) is 6.65. The molecule has 98 valence electrons. The highest BCUT2D eigenvalue weighted by atomic mass is 32.2. The molecule has 0 spiro atoms. The molecule has 0 saturated carbocycles. The number of hydrogen-bond acceptors (Lipinski definition) is 4. The van der Waals surface area contributed by atoms with E-state index >= 15 is 0 Å². The van der Waals surface area contributed by atoms with Crippen LogP contribution in [0.2, 0.25) is 0 Å². The molecule has 0 radical (unpaired) electrons. The van der Waals surface area contributed by atoms with Crippen LogP contribution in [0.3, 0.4) is 0 Å². The zero-order valence-corrected chi connectivity index (χ0v) is 11.3. The van der Waals surface area contributed by atoms with Crippen LogP contribution >= 0.6 is 11.8 Å². The summed E-state index contributed by atoms with van der Waals surface area (Å²) in [7, 11) is 0. The quantitative estimate of drug-likeness (QED) is 0.635. The van der Waals surface area contributed by atoms with Crippen LogP contribution in [0.15, 0.2) is 23.1 Å². The van der Waals surface area contributed by atoms with Crippen LogP contribution < -0.4 is 0 Å². The Morgan fingerprint density at radius 2 is 2.11 bits per heavy atom. The van der Waals surface area contributed by atoms with Crippen LogP contribution in [0.1, 0.15) is 29.3 Å². The Morgan fingerprint density at radius 1 is 1.39 bits per heavy atom. The summed E-state index contributed by atoms with van der Waals surface area (Å²) in [5.74, 6) is -0.581. The van der Waals surface area contributed by atoms with Gasteiger partial charge in [0.1, 0.15) is 0 Å². The Kier molecular flexibility index (Phi) is 5.71. The molecule has 1 aromatic rings. The van der Waals surface area contributed by atoms with E-state index in [4.69, 9.17) is 9.84 Å². The molecule has 1 rings (SSSR count). The van der Waals surface area contributed by atoms with Gasteiger partial charge in [0.25, 0.3) is 0 Å². The monoisotopic (exact) mass is 268 g/mol. The second-order valence-electron chi connectivity index (χ2n) is 3.69. The number of aromatic carboxylic acids is 1. The maximum absolute atomic E-state index is 11.2. The van der Waals surface area contributed by atoms with Gasteiger partial charge in [-0.1, -0.05) is 6.07 Å². The van der Waals surface area contributed by atoms with Crippen molar-refractivity contribution in [2.24, 2.45) is 0 Å². The van der Waals surface area contributed by atoms with E-state index in [1.165, 1.54) is 11.8 Å². The highest BCUT2D eigenvalue weighted by Crippen LogP contribution is 2.24. The van der Waals surface area contributed by atoms with Crippen LogP contribution in [-0.2, 0) is 9.53 Å². The Morgan fingerprint density at radius 3 is 2.72 bits per heavy atom. The van der Waals surface area contributed by atoms with Crippen molar-refractivity contribution in [2.75, 3.05) is 12.4 Å². The number of rotatable bonds is 6. The van der Waals surface area contributed by atoms with Gasteiger partial charge in [0, 0.05) is 10.6 Å². The zero-order chi connectivity index (χ0) is 13.5. The van der Waals surface area contributed by atoms with Crippen molar-refractivity contribution in [3.8, 4) is 0 Å². The molecule has 0 bridgehead atoms. The summed E-state index contributed by atoms with van der Waals surface area (Å²) in [4.78, 5) is 22.9. The normalized spacial score (nSPS) is 10.1. The number of hydrogen-bond donors (Lipinski definition) is 1. The first-order chi connectivity index (χ1) is 8.54. The van der Waals surface area contributed by atoms with Gasteiger partial charge in [-0.15, -0.1) is 11.8 Å². The van der Waals surface area contributed by atoms with E-state index in [9.17, 15) is 9.59 Å². The third-order valence-corrected chi connectivity index (χ3v) is 3.46. The number of thioether (sulfide) groups is 1. The molecule has 0 fully saturated rings. The van der Waals surface area contributed by atoms with Crippen molar-refractivity contribution in [1.29, 1.82) is 0 Å². The fourth-order valence-electron chi connectivity index (χ4n) is 1.37. The molecule has 0 aliphatic rings. The highest BCUT2D eigenvalue weighted by molar-refractivity contribution is 7.99. The van der Waals surface area contributed by atoms with Gasteiger partial charge in [-0.05, 0) is 31.5 Å². The van der Waals surface area contributed by atoms with Gasteiger partial charge < -0.3 is 9.84 Å². The average Bonchev–Trinajstić information content (AvgIpc) is 2.31. The van der Waals surface area contributed by atoms with E-state index in [1.807, 2.05) is 6.92 Å². The van der Waals surface area contributed by atoms with Gasteiger partial charge in [-0.25, -0.2) is 4.79 Å². The van der Waals surface area contributed by atoms with Gasteiger partial charge in [0.2, 0.25) is 0 Å². The highest BCUT2D eigenvalue weighted by Gasteiger charge is 2.08. The summed E-state index contributed by atoms with van der Waals surface area (Å²) in [6, 6.07) is 4.98. The number of aryl methyl sites for hydroxylation is 1. The topological polar surface area (TPSA) is 63.6 Å².